The molecular weight excluding hydrogens is 258 g/mol. The second-order valence-corrected chi connectivity index (χ2v) is 12.7. The fourth-order valence-corrected chi connectivity index (χ4v) is 5.89. The first kappa shape index (κ1) is 14.6. The monoisotopic (exact) mass is 283 g/mol. The lowest BCUT2D eigenvalue weighted by atomic mass is 9.71. The summed E-state index contributed by atoms with van der Waals surface area (Å²) >= 11 is 0. The van der Waals surface area contributed by atoms with E-state index in [2.05, 4.69) is 33.9 Å². The normalized spacial score (nSPS) is 26.7. The van der Waals surface area contributed by atoms with Crippen LogP contribution in [0.4, 0.5) is 0 Å². The molecule has 1 aliphatic carbocycles. The Hall–Kier alpha value is -0.843. The average Bonchev–Trinajstić information content (AvgIpc) is 2.73. The zero-order chi connectivity index (χ0) is 14.6. The van der Waals surface area contributed by atoms with E-state index in [4.69, 9.17) is 0 Å². The summed E-state index contributed by atoms with van der Waals surface area (Å²) in [6.07, 6.45) is 3.49. The third-order valence-electron chi connectivity index (χ3n) is 5.59. The van der Waals surface area contributed by atoms with Gasteiger partial charge in [-0.05, 0) is 17.9 Å². The molecule has 1 saturated carbocycles. The van der Waals surface area contributed by atoms with E-state index in [9.17, 15) is 14.7 Å². The van der Waals surface area contributed by atoms with Crippen LogP contribution in [-0.4, -0.2) is 35.8 Å². The second-order valence-electron chi connectivity index (χ2n) is 7.59. The predicted molar refractivity (Wildman–Crippen MR) is 76.4 cm³/mol. The summed E-state index contributed by atoms with van der Waals surface area (Å²) < 4.78 is 1.76. The lowest BCUT2D eigenvalue weighted by molar-refractivity contribution is -0.175. The third-order valence-corrected chi connectivity index (χ3v) is 10.9. The minimum absolute atomic E-state index is 0.0173. The van der Waals surface area contributed by atoms with Gasteiger partial charge in [-0.2, -0.15) is 0 Å². The molecule has 1 aliphatic heterocycles. The highest BCUT2D eigenvalue weighted by atomic mass is 28.3. The molecule has 2 rings (SSSR count). The predicted octanol–water partition coefficient (Wildman–Crippen LogP) is 2.85. The van der Waals surface area contributed by atoms with Crippen molar-refractivity contribution in [2.24, 2.45) is 5.41 Å². The zero-order valence-electron chi connectivity index (χ0n) is 12.6. The zero-order valence-corrected chi connectivity index (χ0v) is 13.6. The van der Waals surface area contributed by atoms with Gasteiger partial charge >= 0.3 is 5.97 Å². The first-order valence-electron chi connectivity index (χ1n) is 7.12. The summed E-state index contributed by atoms with van der Waals surface area (Å²) in [5, 5.41) is 9.59. The van der Waals surface area contributed by atoms with Crippen LogP contribution in [0.5, 0.6) is 0 Å². The van der Waals surface area contributed by atoms with E-state index in [-0.39, 0.29) is 10.9 Å². The fraction of sp³-hybridized carbons (Fsp3) is 0.857. The summed E-state index contributed by atoms with van der Waals surface area (Å²) in [5.41, 5.74) is -0.568. The van der Waals surface area contributed by atoms with Crippen LogP contribution in [0.25, 0.3) is 0 Å². The fourth-order valence-electron chi connectivity index (χ4n) is 3.43. The van der Waals surface area contributed by atoms with E-state index in [1.807, 2.05) is 0 Å². The number of β-lactam (4-membered cyclic amide) rings is 1. The molecule has 0 bridgehead atoms. The molecule has 1 heterocycles. The van der Waals surface area contributed by atoms with Gasteiger partial charge < -0.3 is 9.67 Å². The molecule has 1 saturated heterocycles. The number of hydrogen-bond acceptors (Lipinski definition) is 2. The minimum Gasteiger partial charge on any atom is -0.480 e. The number of carbonyl (C=O) groups is 2. The smallest absolute Gasteiger partial charge is 0.326 e. The number of rotatable bonds is 2. The first-order valence-corrected chi connectivity index (χ1v) is 10.1. The number of aliphatic carboxylic acids is 1. The van der Waals surface area contributed by atoms with Crippen molar-refractivity contribution in [2.45, 2.75) is 70.6 Å². The van der Waals surface area contributed by atoms with Crippen LogP contribution in [0, 0.1) is 5.41 Å². The molecule has 0 radical (unpaired) electrons. The number of carboxylic acid groups (broad SMARTS) is 1. The molecule has 5 heteroatoms. The molecule has 1 amide bonds. The summed E-state index contributed by atoms with van der Waals surface area (Å²) in [7, 11) is -2.10. The number of nitrogens with zero attached hydrogens (tertiary/aromatic N) is 1. The standard InChI is InChI=1S/C14H25NO3Si/c1-13(2,3)19(4,5)15-10(11(16)17)14(12(15)18)8-6-7-9-14/h10H,6-9H2,1-5H3,(H,16,17)/t10-/m1/s1. The Labute approximate surface area is 116 Å². The van der Waals surface area contributed by atoms with Gasteiger partial charge in [0.2, 0.25) is 5.91 Å². The Kier molecular flexibility index (Phi) is 3.12. The van der Waals surface area contributed by atoms with Gasteiger partial charge in [0.15, 0.2) is 8.24 Å². The molecule has 0 aromatic carbocycles. The molecule has 19 heavy (non-hydrogen) atoms. The van der Waals surface area contributed by atoms with Crippen LogP contribution in [0.15, 0.2) is 0 Å². The van der Waals surface area contributed by atoms with E-state index in [0.717, 1.165) is 25.7 Å². The van der Waals surface area contributed by atoms with Crippen LogP contribution in [-0.2, 0) is 9.59 Å². The van der Waals surface area contributed by atoms with E-state index in [1.165, 1.54) is 0 Å². The van der Waals surface area contributed by atoms with Crippen molar-refractivity contribution in [3.63, 3.8) is 0 Å². The molecule has 1 spiro atoms. The molecular formula is C14H25NO3Si. The molecule has 1 atom stereocenters. The van der Waals surface area contributed by atoms with Crippen LogP contribution in [0.1, 0.15) is 46.5 Å². The first-order chi connectivity index (χ1) is 8.56. The third kappa shape index (κ3) is 1.77. The van der Waals surface area contributed by atoms with Crippen molar-refractivity contribution in [2.75, 3.05) is 0 Å². The average molecular weight is 283 g/mol. The highest BCUT2D eigenvalue weighted by Gasteiger charge is 2.68. The lowest BCUT2D eigenvalue weighted by Crippen LogP contribution is -2.79. The number of hydrogen-bond donors (Lipinski definition) is 1. The van der Waals surface area contributed by atoms with Gasteiger partial charge in [0.25, 0.3) is 0 Å². The van der Waals surface area contributed by atoms with Crippen LogP contribution < -0.4 is 0 Å². The maximum atomic E-state index is 12.7. The van der Waals surface area contributed by atoms with Crippen molar-refractivity contribution in [3.8, 4) is 0 Å². The minimum atomic E-state index is -2.10. The summed E-state index contributed by atoms with van der Waals surface area (Å²) in [4.78, 5) is 24.4. The van der Waals surface area contributed by atoms with Gasteiger partial charge in [-0.15, -0.1) is 0 Å². The van der Waals surface area contributed by atoms with Gasteiger partial charge in [-0.1, -0.05) is 46.7 Å². The van der Waals surface area contributed by atoms with E-state index >= 15 is 0 Å². The van der Waals surface area contributed by atoms with Crippen LogP contribution in [0.3, 0.4) is 0 Å². The Morgan fingerprint density at radius 1 is 1.32 bits per heavy atom. The van der Waals surface area contributed by atoms with E-state index in [1.54, 1.807) is 4.57 Å². The molecule has 0 aromatic rings. The molecule has 0 aromatic heterocycles. The maximum absolute atomic E-state index is 12.7. The van der Waals surface area contributed by atoms with E-state index < -0.39 is 25.7 Å². The summed E-state index contributed by atoms with van der Waals surface area (Å²) in [6.45, 7) is 10.6. The van der Waals surface area contributed by atoms with Crippen molar-refractivity contribution >= 4 is 20.1 Å². The lowest BCUT2D eigenvalue weighted by Gasteiger charge is -2.61. The molecule has 4 nitrogen and oxygen atoms in total. The van der Waals surface area contributed by atoms with Crippen molar-refractivity contribution in [3.05, 3.63) is 0 Å². The maximum Gasteiger partial charge on any atom is 0.326 e. The molecule has 0 unspecified atom stereocenters. The Bertz CT molecular complexity index is 419. The van der Waals surface area contributed by atoms with Crippen LogP contribution in [0.2, 0.25) is 18.1 Å². The molecule has 1 N–H and O–H groups in total. The van der Waals surface area contributed by atoms with Gasteiger partial charge in [0.1, 0.15) is 6.04 Å². The van der Waals surface area contributed by atoms with Crippen molar-refractivity contribution < 1.29 is 14.7 Å². The van der Waals surface area contributed by atoms with E-state index in [0.29, 0.717) is 0 Å². The second kappa shape index (κ2) is 4.07. The quantitative estimate of drug-likeness (QED) is 0.626. The SMILES string of the molecule is CC(C)(C)[Si](C)(C)N1C(=O)C2(CCCC2)[C@H]1C(=O)O. The van der Waals surface area contributed by atoms with Gasteiger partial charge in [0, 0.05) is 0 Å². The van der Waals surface area contributed by atoms with Gasteiger partial charge in [0.05, 0.1) is 5.41 Å². The van der Waals surface area contributed by atoms with Gasteiger partial charge in [-0.25, -0.2) is 4.79 Å². The molecule has 2 aliphatic rings. The Morgan fingerprint density at radius 2 is 1.79 bits per heavy atom. The highest BCUT2D eigenvalue weighted by molar-refractivity contribution is 6.80. The number of amides is 1. The molecule has 108 valence electrons. The Balaban J connectivity index is 2.38. The highest BCUT2D eigenvalue weighted by Crippen LogP contribution is 2.56. The largest absolute Gasteiger partial charge is 0.480 e. The summed E-state index contributed by atoms with van der Waals surface area (Å²) in [6, 6.07) is -0.580. The Morgan fingerprint density at radius 3 is 2.16 bits per heavy atom. The van der Waals surface area contributed by atoms with Crippen molar-refractivity contribution in [1.82, 2.24) is 4.57 Å². The van der Waals surface area contributed by atoms with Crippen LogP contribution >= 0.6 is 0 Å². The number of carbonyl (C=O) groups excluding carboxylic acids is 1. The summed E-state index contributed by atoms with van der Waals surface area (Å²) in [5.74, 6) is -0.699. The van der Waals surface area contributed by atoms with Crippen molar-refractivity contribution in [1.29, 1.82) is 0 Å². The molecule has 2 fully saturated rings. The topological polar surface area (TPSA) is 57.6 Å². The number of carboxylic acids is 1. The van der Waals surface area contributed by atoms with Gasteiger partial charge in [-0.3, -0.25) is 4.79 Å².